The van der Waals surface area contributed by atoms with Gasteiger partial charge in [-0.15, -0.1) is 11.3 Å². The van der Waals surface area contributed by atoms with E-state index in [-0.39, 0.29) is 5.91 Å². The number of nitrogens with zero attached hydrogens (tertiary/aromatic N) is 2. The first-order valence-electron chi connectivity index (χ1n) is 6.88. The Morgan fingerprint density at radius 1 is 1.47 bits per heavy atom. The van der Waals surface area contributed by atoms with Crippen molar-refractivity contribution in [1.29, 1.82) is 0 Å². The highest BCUT2D eigenvalue weighted by Crippen LogP contribution is 2.35. The van der Waals surface area contributed by atoms with Crippen LogP contribution in [0, 0.1) is 0 Å². The van der Waals surface area contributed by atoms with Gasteiger partial charge in [0.15, 0.2) is 5.13 Å². The summed E-state index contributed by atoms with van der Waals surface area (Å²) in [4.78, 5) is 18.5. The summed E-state index contributed by atoms with van der Waals surface area (Å²) in [5.41, 5.74) is 0. The number of hydrogen-bond donors (Lipinski definition) is 1. The van der Waals surface area contributed by atoms with Crippen molar-refractivity contribution in [1.82, 2.24) is 9.88 Å². The summed E-state index contributed by atoms with van der Waals surface area (Å²) in [5, 5.41) is 6.21. The van der Waals surface area contributed by atoms with Gasteiger partial charge in [-0.2, -0.15) is 11.8 Å². The fraction of sp³-hybridized carbons (Fsp3) is 0.692. The van der Waals surface area contributed by atoms with Crippen LogP contribution in [0.15, 0.2) is 11.6 Å². The van der Waals surface area contributed by atoms with E-state index in [9.17, 15) is 4.79 Å². The van der Waals surface area contributed by atoms with E-state index in [0.29, 0.717) is 17.7 Å². The molecule has 0 radical (unpaired) electrons. The van der Waals surface area contributed by atoms with Crippen LogP contribution in [0.1, 0.15) is 25.7 Å². The van der Waals surface area contributed by atoms with Gasteiger partial charge in [-0.05, 0) is 12.8 Å². The van der Waals surface area contributed by atoms with Gasteiger partial charge in [0, 0.05) is 35.2 Å². The molecule has 2 atom stereocenters. The number of thiazole rings is 1. The molecule has 3 rings (SSSR count). The fourth-order valence-electron chi connectivity index (χ4n) is 3.00. The molecule has 1 saturated carbocycles. The fourth-order valence-corrected chi connectivity index (χ4v) is 5.05. The highest BCUT2D eigenvalue weighted by molar-refractivity contribution is 8.00. The third-order valence-corrected chi connectivity index (χ3v) is 5.96. The van der Waals surface area contributed by atoms with Crippen LogP contribution in [0.3, 0.4) is 0 Å². The quantitative estimate of drug-likeness (QED) is 0.931. The van der Waals surface area contributed by atoms with E-state index in [4.69, 9.17) is 0 Å². The lowest BCUT2D eigenvalue weighted by atomic mass is 9.93. The molecule has 1 saturated heterocycles. The van der Waals surface area contributed by atoms with Crippen LogP contribution in [0.4, 0.5) is 5.13 Å². The molecule has 1 aliphatic carbocycles. The number of fused-ring (bicyclic) bond motifs is 1. The van der Waals surface area contributed by atoms with Crippen molar-refractivity contribution >= 4 is 34.1 Å². The summed E-state index contributed by atoms with van der Waals surface area (Å²) in [6.07, 6.45) is 6.96. The number of rotatable bonds is 3. The predicted molar refractivity (Wildman–Crippen MR) is 80.8 cm³/mol. The van der Waals surface area contributed by atoms with Gasteiger partial charge in [0.1, 0.15) is 0 Å². The summed E-state index contributed by atoms with van der Waals surface area (Å²) in [5.74, 6) is 1.23. The molecule has 1 N–H and O–H groups in total. The molecule has 0 spiro atoms. The van der Waals surface area contributed by atoms with Gasteiger partial charge in [-0.3, -0.25) is 9.69 Å². The van der Waals surface area contributed by atoms with E-state index < -0.39 is 0 Å². The van der Waals surface area contributed by atoms with Crippen LogP contribution in [0.5, 0.6) is 0 Å². The van der Waals surface area contributed by atoms with E-state index in [1.807, 2.05) is 5.38 Å². The normalized spacial score (nSPS) is 27.8. The molecule has 104 valence electrons. The lowest BCUT2D eigenvalue weighted by Gasteiger charge is -2.43. The van der Waals surface area contributed by atoms with Gasteiger partial charge < -0.3 is 5.32 Å². The van der Waals surface area contributed by atoms with Crippen LogP contribution >= 0.6 is 23.1 Å². The van der Waals surface area contributed by atoms with E-state index in [0.717, 1.165) is 17.5 Å². The molecule has 2 fully saturated rings. The van der Waals surface area contributed by atoms with Gasteiger partial charge in [-0.25, -0.2) is 4.98 Å². The standard InChI is InChI=1S/C13H19N3OS2/c17-12(15-13-14-5-7-19-13)9-16-6-8-18-11-4-2-1-3-10(11)16/h5,7,10-11H,1-4,6,8-9H2,(H,14,15,17). The molecule has 0 aromatic carbocycles. The minimum Gasteiger partial charge on any atom is -0.301 e. The van der Waals surface area contributed by atoms with E-state index >= 15 is 0 Å². The first-order valence-corrected chi connectivity index (χ1v) is 8.81. The molecule has 2 heterocycles. The second-order valence-corrected chi connectivity index (χ2v) is 7.36. The van der Waals surface area contributed by atoms with E-state index in [2.05, 4.69) is 27.0 Å². The Morgan fingerprint density at radius 3 is 3.21 bits per heavy atom. The van der Waals surface area contributed by atoms with Gasteiger partial charge in [0.05, 0.1) is 6.54 Å². The van der Waals surface area contributed by atoms with Crippen molar-refractivity contribution in [2.75, 3.05) is 24.2 Å². The van der Waals surface area contributed by atoms with Crippen molar-refractivity contribution < 1.29 is 4.79 Å². The summed E-state index contributed by atoms with van der Waals surface area (Å²) in [7, 11) is 0. The topological polar surface area (TPSA) is 45.2 Å². The monoisotopic (exact) mass is 297 g/mol. The molecule has 6 heteroatoms. The summed E-state index contributed by atoms with van der Waals surface area (Å²) < 4.78 is 0. The first kappa shape index (κ1) is 13.4. The van der Waals surface area contributed by atoms with Gasteiger partial charge in [-0.1, -0.05) is 12.8 Å². The number of amides is 1. The summed E-state index contributed by atoms with van der Waals surface area (Å²) >= 11 is 3.57. The van der Waals surface area contributed by atoms with Gasteiger partial charge >= 0.3 is 0 Å². The maximum absolute atomic E-state index is 12.1. The van der Waals surface area contributed by atoms with Crippen LogP contribution in [-0.4, -0.2) is 45.9 Å². The maximum Gasteiger partial charge on any atom is 0.240 e. The predicted octanol–water partition coefficient (Wildman–Crippen LogP) is 2.44. The molecular weight excluding hydrogens is 278 g/mol. The Morgan fingerprint density at radius 2 is 2.37 bits per heavy atom. The molecule has 2 unspecified atom stereocenters. The molecule has 4 nitrogen and oxygen atoms in total. The second-order valence-electron chi connectivity index (χ2n) is 5.12. The molecule has 1 aromatic rings. The van der Waals surface area contributed by atoms with Crippen molar-refractivity contribution in [3.05, 3.63) is 11.6 Å². The number of carbonyl (C=O) groups is 1. The highest BCUT2D eigenvalue weighted by Gasteiger charge is 2.34. The summed E-state index contributed by atoms with van der Waals surface area (Å²) in [6.45, 7) is 1.55. The Balaban J connectivity index is 1.57. The molecule has 1 aliphatic heterocycles. The van der Waals surface area contributed by atoms with E-state index in [1.54, 1.807) is 6.20 Å². The number of hydrogen-bond acceptors (Lipinski definition) is 5. The average molecular weight is 297 g/mol. The zero-order chi connectivity index (χ0) is 13.1. The molecule has 19 heavy (non-hydrogen) atoms. The van der Waals surface area contributed by atoms with Crippen LogP contribution in [0.25, 0.3) is 0 Å². The maximum atomic E-state index is 12.1. The Hall–Kier alpha value is -0.590. The van der Waals surface area contributed by atoms with E-state index in [1.165, 1.54) is 37.0 Å². The van der Waals surface area contributed by atoms with Crippen LogP contribution in [-0.2, 0) is 4.79 Å². The minimum absolute atomic E-state index is 0.0752. The smallest absolute Gasteiger partial charge is 0.240 e. The zero-order valence-electron chi connectivity index (χ0n) is 10.9. The second kappa shape index (κ2) is 6.24. The number of thioether (sulfide) groups is 1. The largest absolute Gasteiger partial charge is 0.301 e. The van der Waals surface area contributed by atoms with Crippen molar-refractivity contribution in [3.8, 4) is 0 Å². The SMILES string of the molecule is O=C(CN1CCSC2CCCCC21)Nc1nccs1. The van der Waals surface area contributed by atoms with Crippen molar-refractivity contribution in [2.45, 2.75) is 37.0 Å². The third kappa shape index (κ3) is 3.30. The molecule has 1 aromatic heterocycles. The Bertz CT molecular complexity index is 422. The van der Waals surface area contributed by atoms with Gasteiger partial charge in [0.2, 0.25) is 5.91 Å². The minimum atomic E-state index is 0.0752. The third-order valence-electron chi connectivity index (χ3n) is 3.87. The number of aromatic nitrogens is 1. The number of carbonyl (C=O) groups excluding carboxylic acids is 1. The Kier molecular flexibility index (Phi) is 4.40. The van der Waals surface area contributed by atoms with Crippen molar-refractivity contribution in [2.24, 2.45) is 0 Å². The molecule has 2 aliphatic rings. The summed E-state index contributed by atoms with van der Waals surface area (Å²) in [6, 6.07) is 0.606. The lowest BCUT2D eigenvalue weighted by Crippen LogP contribution is -2.51. The van der Waals surface area contributed by atoms with Crippen LogP contribution in [0.2, 0.25) is 0 Å². The Labute approximate surface area is 122 Å². The number of nitrogens with one attached hydrogen (secondary N) is 1. The zero-order valence-corrected chi connectivity index (χ0v) is 12.5. The number of anilines is 1. The average Bonchev–Trinajstić information content (AvgIpc) is 2.92. The lowest BCUT2D eigenvalue weighted by molar-refractivity contribution is -0.118. The van der Waals surface area contributed by atoms with Crippen molar-refractivity contribution in [3.63, 3.8) is 0 Å². The molecular formula is C13H19N3OS2. The van der Waals surface area contributed by atoms with Crippen LogP contribution < -0.4 is 5.32 Å². The molecule has 1 amide bonds. The molecule has 0 bridgehead atoms. The highest BCUT2D eigenvalue weighted by atomic mass is 32.2. The first-order chi connectivity index (χ1) is 9.33. The van der Waals surface area contributed by atoms with Gasteiger partial charge in [0.25, 0.3) is 0 Å².